The third-order valence-corrected chi connectivity index (χ3v) is 4.25. The number of fused-ring (bicyclic) bond motifs is 1. The van der Waals surface area contributed by atoms with Crippen LogP contribution in [-0.4, -0.2) is 29.1 Å². The second-order valence-corrected chi connectivity index (χ2v) is 6.40. The minimum absolute atomic E-state index is 0.0967. The molecule has 2 heterocycles. The first-order chi connectivity index (χ1) is 14.5. The predicted octanol–water partition coefficient (Wildman–Crippen LogP) is 3.33. The molecule has 7 nitrogen and oxygen atoms in total. The number of nitrogens with zero attached hydrogens (tertiary/aromatic N) is 2. The van der Waals surface area contributed by atoms with Crippen molar-refractivity contribution >= 4 is 17.7 Å². The largest absolute Gasteiger partial charge is 0.493 e. The number of benzene rings is 1. The van der Waals surface area contributed by atoms with Gasteiger partial charge in [-0.3, -0.25) is 9.20 Å². The lowest BCUT2D eigenvalue weighted by atomic mass is 10.2. The topological polar surface area (TPSA) is 79.1 Å². The van der Waals surface area contributed by atoms with Gasteiger partial charge >= 0.3 is 5.97 Å². The highest BCUT2D eigenvalue weighted by Gasteiger charge is 2.07. The Labute approximate surface area is 173 Å². The molecule has 154 valence electrons. The number of aromatic nitrogens is 2. The Morgan fingerprint density at radius 2 is 2.03 bits per heavy atom. The van der Waals surface area contributed by atoms with Crippen molar-refractivity contribution in [2.75, 3.05) is 13.7 Å². The first kappa shape index (κ1) is 20.9. The molecule has 0 spiro atoms. The maximum atomic E-state index is 12.3. The van der Waals surface area contributed by atoms with Crippen LogP contribution in [0, 0.1) is 6.92 Å². The summed E-state index contributed by atoms with van der Waals surface area (Å²) in [6, 6.07) is 12.0. The van der Waals surface area contributed by atoms with Crippen LogP contribution in [0.3, 0.4) is 0 Å². The Morgan fingerprint density at radius 1 is 1.20 bits per heavy atom. The second kappa shape index (κ2) is 9.56. The molecule has 1 aromatic carbocycles. The van der Waals surface area contributed by atoms with E-state index in [2.05, 4.69) is 11.6 Å². The summed E-state index contributed by atoms with van der Waals surface area (Å²) < 4.78 is 17.5. The normalized spacial score (nSPS) is 10.9. The lowest BCUT2D eigenvalue weighted by molar-refractivity contribution is -0.139. The average Bonchev–Trinajstić information content (AvgIpc) is 2.74. The average molecular weight is 406 g/mol. The van der Waals surface area contributed by atoms with Gasteiger partial charge in [0.1, 0.15) is 18.9 Å². The van der Waals surface area contributed by atoms with Crippen molar-refractivity contribution in [3.63, 3.8) is 0 Å². The highest BCUT2D eigenvalue weighted by atomic mass is 16.5. The van der Waals surface area contributed by atoms with Crippen LogP contribution in [0.5, 0.6) is 11.5 Å². The number of aryl methyl sites for hydroxylation is 1. The molecule has 0 unspecified atom stereocenters. The van der Waals surface area contributed by atoms with Gasteiger partial charge < -0.3 is 14.2 Å². The molecule has 30 heavy (non-hydrogen) atoms. The lowest BCUT2D eigenvalue weighted by Gasteiger charge is -2.09. The van der Waals surface area contributed by atoms with E-state index in [0.717, 1.165) is 11.3 Å². The van der Waals surface area contributed by atoms with Crippen LogP contribution in [0.15, 0.2) is 66.0 Å². The monoisotopic (exact) mass is 406 g/mol. The molecule has 0 N–H and O–H groups in total. The maximum Gasteiger partial charge on any atom is 0.331 e. The summed E-state index contributed by atoms with van der Waals surface area (Å²) in [5.41, 5.74) is 2.21. The van der Waals surface area contributed by atoms with Crippen molar-refractivity contribution in [2.24, 2.45) is 0 Å². The van der Waals surface area contributed by atoms with Gasteiger partial charge in [0.05, 0.1) is 12.8 Å². The number of esters is 1. The zero-order valence-corrected chi connectivity index (χ0v) is 16.8. The first-order valence-electron chi connectivity index (χ1n) is 9.26. The molecular weight excluding hydrogens is 384 g/mol. The molecule has 0 fully saturated rings. The minimum Gasteiger partial charge on any atom is -0.493 e. The molecule has 0 saturated carbocycles. The summed E-state index contributed by atoms with van der Waals surface area (Å²) in [5.74, 6) is 0.580. The quantitative estimate of drug-likeness (QED) is 0.324. The fourth-order valence-corrected chi connectivity index (χ4v) is 2.85. The second-order valence-electron chi connectivity index (χ2n) is 6.40. The number of methoxy groups -OCH3 is 1. The SMILES string of the molecule is C=CCOc1ccc(/C=C/C(=O)OCc2cc(=O)n3c(C)cccc3n2)cc1OC. The molecule has 0 bridgehead atoms. The third kappa shape index (κ3) is 4.94. The summed E-state index contributed by atoms with van der Waals surface area (Å²) in [4.78, 5) is 28.7. The van der Waals surface area contributed by atoms with Crippen molar-refractivity contribution in [3.05, 3.63) is 88.5 Å². The molecule has 0 aliphatic carbocycles. The van der Waals surface area contributed by atoms with Gasteiger partial charge in [0.25, 0.3) is 5.56 Å². The number of rotatable bonds is 8. The van der Waals surface area contributed by atoms with Gasteiger partial charge in [-0.2, -0.15) is 0 Å². The van der Waals surface area contributed by atoms with Crippen LogP contribution >= 0.6 is 0 Å². The van der Waals surface area contributed by atoms with E-state index in [1.165, 1.54) is 16.5 Å². The Hall–Kier alpha value is -3.87. The number of carbonyl (C=O) groups excluding carboxylic acids is 1. The van der Waals surface area contributed by atoms with E-state index in [1.807, 2.05) is 19.1 Å². The molecule has 3 aromatic rings. The smallest absolute Gasteiger partial charge is 0.331 e. The Morgan fingerprint density at radius 3 is 2.80 bits per heavy atom. The van der Waals surface area contributed by atoms with Crippen LogP contribution in [-0.2, 0) is 16.1 Å². The van der Waals surface area contributed by atoms with E-state index in [1.54, 1.807) is 43.5 Å². The summed E-state index contributed by atoms with van der Waals surface area (Å²) in [6.07, 6.45) is 4.55. The zero-order valence-electron chi connectivity index (χ0n) is 16.8. The van der Waals surface area contributed by atoms with E-state index < -0.39 is 5.97 Å². The summed E-state index contributed by atoms with van der Waals surface area (Å²) in [6.45, 7) is 5.70. The number of carbonyl (C=O) groups is 1. The number of pyridine rings is 1. The van der Waals surface area contributed by atoms with E-state index in [0.29, 0.717) is 29.4 Å². The van der Waals surface area contributed by atoms with Crippen LogP contribution in [0.1, 0.15) is 17.0 Å². The van der Waals surface area contributed by atoms with Gasteiger partial charge in [0.2, 0.25) is 0 Å². The number of hydrogen-bond donors (Lipinski definition) is 0. The minimum atomic E-state index is -0.549. The van der Waals surface area contributed by atoms with E-state index in [-0.39, 0.29) is 12.2 Å². The molecule has 0 atom stereocenters. The molecule has 0 amide bonds. The van der Waals surface area contributed by atoms with Crippen molar-refractivity contribution in [1.82, 2.24) is 9.38 Å². The highest BCUT2D eigenvalue weighted by molar-refractivity contribution is 5.87. The molecule has 0 aliphatic heterocycles. The summed E-state index contributed by atoms with van der Waals surface area (Å²) in [7, 11) is 1.54. The maximum absolute atomic E-state index is 12.3. The van der Waals surface area contributed by atoms with Gasteiger partial charge in [-0.1, -0.05) is 24.8 Å². The van der Waals surface area contributed by atoms with E-state index in [9.17, 15) is 9.59 Å². The number of hydrogen-bond acceptors (Lipinski definition) is 6. The van der Waals surface area contributed by atoms with Gasteiger partial charge in [-0.05, 0) is 42.8 Å². The van der Waals surface area contributed by atoms with Crippen molar-refractivity contribution in [2.45, 2.75) is 13.5 Å². The molecular formula is C23H22N2O5. The summed E-state index contributed by atoms with van der Waals surface area (Å²) >= 11 is 0. The zero-order chi connectivity index (χ0) is 21.5. The fourth-order valence-electron chi connectivity index (χ4n) is 2.85. The molecule has 7 heteroatoms. The Balaban J connectivity index is 1.66. The number of ether oxygens (including phenoxy) is 3. The Kier molecular flexibility index (Phi) is 6.64. The van der Waals surface area contributed by atoms with E-state index in [4.69, 9.17) is 14.2 Å². The molecule has 0 saturated heterocycles. The van der Waals surface area contributed by atoms with Crippen molar-refractivity contribution in [1.29, 1.82) is 0 Å². The third-order valence-electron chi connectivity index (χ3n) is 4.25. The van der Waals surface area contributed by atoms with Crippen LogP contribution in [0.4, 0.5) is 0 Å². The molecule has 2 aromatic heterocycles. The van der Waals surface area contributed by atoms with Crippen molar-refractivity contribution < 1.29 is 19.0 Å². The van der Waals surface area contributed by atoms with Gasteiger partial charge in [-0.25, -0.2) is 9.78 Å². The van der Waals surface area contributed by atoms with Crippen LogP contribution in [0.2, 0.25) is 0 Å². The Bertz CT molecular complexity index is 1160. The molecule has 0 aliphatic rings. The first-order valence-corrected chi connectivity index (χ1v) is 9.26. The van der Waals surface area contributed by atoms with Gasteiger partial charge in [0.15, 0.2) is 11.5 Å². The highest BCUT2D eigenvalue weighted by Crippen LogP contribution is 2.28. The van der Waals surface area contributed by atoms with Gasteiger partial charge in [0, 0.05) is 17.8 Å². The van der Waals surface area contributed by atoms with Gasteiger partial charge in [-0.15, -0.1) is 0 Å². The molecule has 3 rings (SSSR count). The lowest BCUT2D eigenvalue weighted by Crippen LogP contribution is -2.18. The predicted molar refractivity (Wildman–Crippen MR) is 114 cm³/mol. The van der Waals surface area contributed by atoms with Crippen molar-refractivity contribution in [3.8, 4) is 11.5 Å². The summed E-state index contributed by atoms with van der Waals surface area (Å²) in [5, 5.41) is 0. The molecule has 0 radical (unpaired) electrons. The standard InChI is InChI=1S/C23H22N2O5/c1-4-12-29-19-10-8-17(13-20(19)28-3)9-11-23(27)30-15-18-14-22(26)25-16(2)6-5-7-21(25)24-18/h4-11,13-14H,1,12,15H2,2-3H3/b11-9+. The van der Waals surface area contributed by atoms with Crippen LogP contribution in [0.25, 0.3) is 11.7 Å². The van der Waals surface area contributed by atoms with E-state index >= 15 is 0 Å². The fraction of sp³-hybridized carbons (Fsp3) is 0.174. The van der Waals surface area contributed by atoms with Crippen LogP contribution < -0.4 is 15.0 Å².